The Morgan fingerprint density at radius 3 is 1.90 bits per heavy atom. The number of carbonyl (C=O) groups excluding carboxylic acids is 2. The lowest BCUT2D eigenvalue weighted by Gasteiger charge is -2.35. The van der Waals surface area contributed by atoms with Crippen molar-refractivity contribution in [3.05, 3.63) is 44.8 Å². The van der Waals surface area contributed by atoms with Crippen LogP contribution in [0.5, 0.6) is 0 Å². The summed E-state index contributed by atoms with van der Waals surface area (Å²) in [6, 6.07) is 8.09. The molecular weight excluding hydrogens is 288 g/mol. The summed E-state index contributed by atoms with van der Waals surface area (Å²) < 4.78 is 0. The third kappa shape index (κ3) is 2.50. The molecule has 1 fully saturated rings. The summed E-state index contributed by atoms with van der Waals surface area (Å²) in [5, 5.41) is 4.04. The van der Waals surface area contributed by atoms with Crippen molar-refractivity contribution in [1.29, 1.82) is 0 Å². The van der Waals surface area contributed by atoms with Crippen LogP contribution in [0.3, 0.4) is 0 Å². The molecule has 2 nitrogen and oxygen atoms in total. The first-order chi connectivity index (χ1) is 9.66. The highest BCUT2D eigenvalue weighted by molar-refractivity contribution is 7.10. The van der Waals surface area contributed by atoms with E-state index in [4.69, 9.17) is 0 Å². The van der Waals surface area contributed by atoms with Crippen molar-refractivity contribution in [2.45, 2.75) is 31.6 Å². The van der Waals surface area contributed by atoms with Crippen molar-refractivity contribution in [1.82, 2.24) is 0 Å². The predicted octanol–water partition coefficient (Wildman–Crippen LogP) is 4.25. The summed E-state index contributed by atoms with van der Waals surface area (Å²) in [6.45, 7) is 1.67. The second-order valence-corrected chi connectivity index (χ2v) is 7.29. The van der Waals surface area contributed by atoms with Gasteiger partial charge in [-0.15, -0.1) is 22.7 Å². The molecule has 2 heterocycles. The van der Waals surface area contributed by atoms with Gasteiger partial charge in [0.25, 0.3) is 0 Å². The van der Waals surface area contributed by atoms with Gasteiger partial charge in [0.2, 0.25) is 0 Å². The molecule has 3 rings (SSSR count). The van der Waals surface area contributed by atoms with Gasteiger partial charge in [-0.2, -0.15) is 0 Å². The van der Waals surface area contributed by atoms with E-state index in [-0.39, 0.29) is 29.3 Å². The van der Waals surface area contributed by atoms with E-state index in [0.29, 0.717) is 12.8 Å². The van der Waals surface area contributed by atoms with Crippen LogP contribution < -0.4 is 0 Å². The molecule has 0 aliphatic heterocycles. The van der Waals surface area contributed by atoms with E-state index in [1.165, 1.54) is 9.75 Å². The average molecular weight is 304 g/mol. The summed E-state index contributed by atoms with van der Waals surface area (Å²) in [5.74, 6) is 0.528. The maximum Gasteiger partial charge on any atom is 0.134 e. The largest absolute Gasteiger partial charge is 0.300 e. The summed E-state index contributed by atoms with van der Waals surface area (Å²) in [4.78, 5) is 26.7. The number of hydrogen-bond donors (Lipinski definition) is 0. The molecule has 1 saturated carbocycles. The molecule has 0 unspecified atom stereocenters. The first-order valence-electron chi connectivity index (χ1n) is 6.75. The molecule has 0 saturated heterocycles. The van der Waals surface area contributed by atoms with Crippen molar-refractivity contribution in [2.24, 2.45) is 5.92 Å². The molecule has 0 N–H and O–H groups in total. The van der Waals surface area contributed by atoms with Crippen LogP contribution in [0.2, 0.25) is 0 Å². The Balaban J connectivity index is 2.01. The van der Waals surface area contributed by atoms with Gasteiger partial charge in [-0.3, -0.25) is 9.59 Å². The lowest BCUT2D eigenvalue weighted by atomic mass is 9.68. The first-order valence-corrected chi connectivity index (χ1v) is 8.51. The van der Waals surface area contributed by atoms with E-state index in [1.54, 1.807) is 29.6 Å². The average Bonchev–Trinajstić information content (AvgIpc) is 3.11. The SMILES string of the molecule is CC(=O)C1[C@H](c2cccs2)CC(=O)C[C@H]1c1cccs1. The number of ketones is 2. The zero-order chi connectivity index (χ0) is 14.1. The Bertz CT molecular complexity index is 552. The zero-order valence-corrected chi connectivity index (χ0v) is 12.9. The Morgan fingerprint density at radius 1 is 1.05 bits per heavy atom. The van der Waals surface area contributed by atoms with Crippen LogP contribution in [0.15, 0.2) is 35.0 Å². The fourth-order valence-electron chi connectivity index (χ4n) is 3.23. The van der Waals surface area contributed by atoms with Gasteiger partial charge < -0.3 is 0 Å². The summed E-state index contributed by atoms with van der Waals surface area (Å²) >= 11 is 3.30. The molecule has 104 valence electrons. The van der Waals surface area contributed by atoms with Crippen molar-refractivity contribution in [3.8, 4) is 0 Å². The van der Waals surface area contributed by atoms with E-state index in [1.807, 2.05) is 22.9 Å². The molecule has 2 aromatic heterocycles. The minimum Gasteiger partial charge on any atom is -0.300 e. The predicted molar refractivity (Wildman–Crippen MR) is 82.5 cm³/mol. The van der Waals surface area contributed by atoms with E-state index >= 15 is 0 Å². The second-order valence-electron chi connectivity index (χ2n) is 5.33. The molecule has 2 atom stereocenters. The molecule has 0 aromatic carbocycles. The third-order valence-corrected chi connectivity index (χ3v) is 6.06. The summed E-state index contributed by atoms with van der Waals surface area (Å²) in [6.07, 6.45) is 1.01. The fraction of sp³-hybridized carbons (Fsp3) is 0.375. The Labute approximate surface area is 126 Å². The monoisotopic (exact) mass is 304 g/mol. The van der Waals surface area contributed by atoms with Crippen LogP contribution in [0.4, 0.5) is 0 Å². The van der Waals surface area contributed by atoms with Crippen LogP contribution in [0.1, 0.15) is 41.4 Å². The minimum atomic E-state index is -0.0648. The van der Waals surface area contributed by atoms with E-state index < -0.39 is 0 Å². The number of hydrogen-bond acceptors (Lipinski definition) is 4. The van der Waals surface area contributed by atoms with Crippen molar-refractivity contribution in [3.63, 3.8) is 0 Å². The van der Waals surface area contributed by atoms with Crippen molar-refractivity contribution < 1.29 is 9.59 Å². The highest BCUT2D eigenvalue weighted by atomic mass is 32.1. The molecule has 2 aromatic rings. The third-order valence-electron chi connectivity index (χ3n) is 4.05. The van der Waals surface area contributed by atoms with Crippen molar-refractivity contribution >= 4 is 34.2 Å². The molecular formula is C16H16O2S2. The molecule has 1 aliphatic carbocycles. The Morgan fingerprint density at radius 2 is 1.55 bits per heavy atom. The van der Waals surface area contributed by atoms with Gasteiger partial charge in [0.05, 0.1) is 0 Å². The minimum absolute atomic E-state index is 0.0563. The van der Waals surface area contributed by atoms with Crippen LogP contribution in [-0.2, 0) is 9.59 Å². The molecule has 0 radical (unpaired) electrons. The molecule has 1 aliphatic rings. The Kier molecular flexibility index (Phi) is 3.85. The van der Waals surface area contributed by atoms with E-state index in [0.717, 1.165) is 0 Å². The maximum absolute atomic E-state index is 12.2. The molecule has 0 spiro atoms. The molecule has 0 bridgehead atoms. The quantitative estimate of drug-likeness (QED) is 0.849. The fourth-order valence-corrected chi connectivity index (χ4v) is 4.99. The van der Waals surface area contributed by atoms with Gasteiger partial charge in [0.15, 0.2) is 0 Å². The van der Waals surface area contributed by atoms with E-state index in [9.17, 15) is 9.59 Å². The summed E-state index contributed by atoms with van der Waals surface area (Å²) in [5.41, 5.74) is 0. The van der Waals surface area contributed by atoms with E-state index in [2.05, 4.69) is 12.1 Å². The number of rotatable bonds is 3. The zero-order valence-electron chi connectivity index (χ0n) is 11.2. The maximum atomic E-state index is 12.2. The van der Waals surface area contributed by atoms with Gasteiger partial charge in [-0.1, -0.05) is 12.1 Å². The van der Waals surface area contributed by atoms with Gasteiger partial charge in [0, 0.05) is 40.3 Å². The lowest BCUT2D eigenvalue weighted by molar-refractivity contribution is -0.127. The number of thiophene rings is 2. The number of carbonyl (C=O) groups is 2. The normalized spacial score (nSPS) is 23.9. The molecule has 0 amide bonds. The molecule has 20 heavy (non-hydrogen) atoms. The Hall–Kier alpha value is -1.26. The van der Waals surface area contributed by atoms with Crippen LogP contribution in [-0.4, -0.2) is 11.6 Å². The van der Waals surface area contributed by atoms with Crippen LogP contribution >= 0.6 is 22.7 Å². The van der Waals surface area contributed by atoms with Crippen LogP contribution in [0.25, 0.3) is 0 Å². The van der Waals surface area contributed by atoms with Gasteiger partial charge in [0.1, 0.15) is 11.6 Å². The number of Topliss-reactive ketones (excluding diaryl/α,β-unsaturated/α-hetero) is 2. The van der Waals surface area contributed by atoms with Gasteiger partial charge in [-0.25, -0.2) is 0 Å². The topological polar surface area (TPSA) is 34.1 Å². The van der Waals surface area contributed by atoms with Gasteiger partial charge >= 0.3 is 0 Å². The smallest absolute Gasteiger partial charge is 0.134 e. The highest BCUT2D eigenvalue weighted by Gasteiger charge is 2.41. The standard InChI is InChI=1S/C16H16O2S2/c1-10(17)16-12(14-4-2-6-19-14)8-11(18)9-13(16)15-5-3-7-20-15/h2-7,12-13,16H,8-9H2,1H3/t12-,13-/m0/s1. The lowest BCUT2D eigenvalue weighted by Crippen LogP contribution is -2.34. The first kappa shape index (κ1) is 13.7. The summed E-state index contributed by atoms with van der Waals surface area (Å²) in [7, 11) is 0. The van der Waals surface area contributed by atoms with Crippen LogP contribution in [0, 0.1) is 5.92 Å². The van der Waals surface area contributed by atoms with Crippen molar-refractivity contribution in [2.75, 3.05) is 0 Å². The highest BCUT2D eigenvalue weighted by Crippen LogP contribution is 2.47. The second kappa shape index (κ2) is 5.62. The molecule has 4 heteroatoms. The van der Waals surface area contributed by atoms with Gasteiger partial charge in [-0.05, 0) is 29.8 Å².